The van der Waals surface area contributed by atoms with E-state index in [4.69, 9.17) is 23.2 Å². The zero-order valence-corrected chi connectivity index (χ0v) is 23.7. The van der Waals surface area contributed by atoms with Gasteiger partial charge < -0.3 is 5.32 Å². The maximum Gasteiger partial charge on any atom is 0.252 e. The Hall–Kier alpha value is -1.77. The van der Waals surface area contributed by atoms with Gasteiger partial charge in [0.05, 0.1) is 15.6 Å². The molecule has 0 unspecified atom stereocenters. The highest BCUT2D eigenvalue weighted by atomic mass is 35.5. The summed E-state index contributed by atoms with van der Waals surface area (Å²) in [5, 5.41) is 3.38. The predicted octanol–water partition coefficient (Wildman–Crippen LogP) is 10.5. The molecule has 1 rings (SSSR count). The van der Waals surface area contributed by atoms with E-state index in [9.17, 15) is 4.79 Å². The molecule has 2 nitrogen and oxygen atoms in total. The van der Waals surface area contributed by atoms with E-state index in [2.05, 4.69) is 58.8 Å². The van der Waals surface area contributed by atoms with E-state index in [0.717, 1.165) is 12.8 Å². The molecular weight excluding hydrogens is 437 g/mol. The number of benzene rings is 1. The van der Waals surface area contributed by atoms with Crippen LogP contribution >= 0.6 is 23.2 Å². The molecule has 0 heterocycles. The average Bonchev–Trinajstić information content (AvgIpc) is 2.79. The van der Waals surface area contributed by atoms with Gasteiger partial charge in [0.2, 0.25) is 0 Å². The number of hydrogen-bond acceptors (Lipinski definition) is 1. The lowest BCUT2D eigenvalue weighted by Crippen LogP contribution is -2.24. The van der Waals surface area contributed by atoms with E-state index >= 15 is 0 Å². The van der Waals surface area contributed by atoms with Crippen LogP contribution in [0.3, 0.4) is 0 Å². The van der Waals surface area contributed by atoms with Gasteiger partial charge in [-0.3, -0.25) is 4.79 Å². The zero-order chi connectivity index (χ0) is 26.4. The van der Waals surface area contributed by atoms with Crippen molar-refractivity contribution in [3.8, 4) is 0 Å². The van der Waals surface area contributed by atoms with Crippen LogP contribution in [-0.2, 0) is 0 Å². The van der Waals surface area contributed by atoms with Crippen molar-refractivity contribution in [1.29, 1.82) is 0 Å². The van der Waals surface area contributed by atoms with Gasteiger partial charge in [0.25, 0.3) is 5.91 Å². The standard InChI is InChI=1S/C11H11Cl2NO.C6H12.C4H8.C3H6.2C2H6/c1-2-3-7-14-11(15)8-5-4-6-9(12)10(8)13;1-4-5-6(2)3;1-3-4-2;1-3-2;2*1-2/h2,4-6H,1,3,7H2,(H,14,15);5H,4H2,1-3H3;3H,1,4H2,2H3;3H,1H2,2H3;2*1-2H3. The molecule has 0 aliphatic heterocycles. The Labute approximate surface area is 210 Å². The van der Waals surface area contributed by atoms with Crippen molar-refractivity contribution in [3.05, 3.63) is 83.4 Å². The van der Waals surface area contributed by atoms with Crippen LogP contribution in [0.25, 0.3) is 0 Å². The van der Waals surface area contributed by atoms with Gasteiger partial charge in [-0.05, 0) is 52.2 Å². The van der Waals surface area contributed by atoms with Gasteiger partial charge in [-0.2, -0.15) is 0 Å². The third-order valence-electron chi connectivity index (χ3n) is 2.73. The summed E-state index contributed by atoms with van der Waals surface area (Å²) < 4.78 is 0. The van der Waals surface area contributed by atoms with Crippen LogP contribution in [0.5, 0.6) is 0 Å². The van der Waals surface area contributed by atoms with Crippen LogP contribution in [0, 0.1) is 0 Å². The Bertz CT molecular complexity index is 589. The summed E-state index contributed by atoms with van der Waals surface area (Å²) in [6, 6.07) is 4.97. The average molecular weight is 487 g/mol. The predicted molar refractivity (Wildman–Crippen MR) is 152 cm³/mol. The van der Waals surface area contributed by atoms with Gasteiger partial charge in [0, 0.05) is 6.54 Å². The summed E-state index contributed by atoms with van der Waals surface area (Å²) in [5.74, 6) is -0.218. The van der Waals surface area contributed by atoms with Gasteiger partial charge in [-0.25, -0.2) is 0 Å². The molecule has 1 amide bonds. The third-order valence-corrected chi connectivity index (χ3v) is 3.55. The highest BCUT2D eigenvalue weighted by Crippen LogP contribution is 2.25. The Morgan fingerprint density at radius 2 is 1.44 bits per heavy atom. The molecule has 0 aliphatic carbocycles. The molecule has 0 atom stereocenters. The second-order valence-electron chi connectivity index (χ2n) is 5.73. The van der Waals surface area contributed by atoms with E-state index in [0.29, 0.717) is 17.1 Å². The normalized spacial score (nSPS) is 7.59. The van der Waals surface area contributed by atoms with E-state index in [1.807, 2.05) is 40.7 Å². The maximum absolute atomic E-state index is 11.6. The van der Waals surface area contributed by atoms with E-state index in [-0.39, 0.29) is 10.9 Å². The molecule has 1 aromatic rings. The molecule has 0 bridgehead atoms. The monoisotopic (exact) mass is 485 g/mol. The lowest BCUT2D eigenvalue weighted by molar-refractivity contribution is 0.0954. The summed E-state index contributed by atoms with van der Waals surface area (Å²) in [6.07, 6.45) is 10.5. The zero-order valence-electron chi connectivity index (χ0n) is 22.2. The number of carbonyl (C=O) groups excluding carboxylic acids is 1. The van der Waals surface area contributed by atoms with Gasteiger partial charge >= 0.3 is 0 Å². The smallest absolute Gasteiger partial charge is 0.252 e. The first-order valence-electron chi connectivity index (χ1n) is 11.4. The van der Waals surface area contributed by atoms with E-state index in [1.165, 1.54) is 12.0 Å². The molecule has 0 spiro atoms. The summed E-state index contributed by atoms with van der Waals surface area (Å²) in [5.41, 5.74) is 1.81. The molecule has 1 N–H and O–H groups in total. The number of carbonyl (C=O) groups is 1. The summed E-state index contributed by atoms with van der Waals surface area (Å²) in [6.45, 7) is 29.3. The second-order valence-corrected chi connectivity index (χ2v) is 6.51. The molecule has 0 aliphatic rings. The van der Waals surface area contributed by atoms with Crippen molar-refractivity contribution < 1.29 is 4.79 Å². The molecule has 0 saturated heterocycles. The quantitative estimate of drug-likeness (QED) is 0.314. The molecule has 0 radical (unpaired) electrons. The van der Waals surface area contributed by atoms with Gasteiger partial charge in [-0.15, -0.1) is 19.7 Å². The first-order chi connectivity index (χ1) is 15.3. The molecule has 1 aromatic carbocycles. The number of hydrogen-bond donors (Lipinski definition) is 1. The van der Waals surface area contributed by atoms with Gasteiger partial charge in [-0.1, -0.05) is 101 Å². The fraction of sp³-hybridized carbons (Fsp3) is 0.464. The number of nitrogens with one attached hydrogen (secondary N) is 1. The van der Waals surface area contributed by atoms with Gasteiger partial charge in [0.15, 0.2) is 0 Å². The van der Waals surface area contributed by atoms with Gasteiger partial charge in [0.1, 0.15) is 0 Å². The Morgan fingerprint density at radius 3 is 1.75 bits per heavy atom. The molecule has 4 heteroatoms. The molecule has 0 saturated carbocycles. The third kappa shape index (κ3) is 32.9. The van der Waals surface area contributed by atoms with Crippen molar-refractivity contribution in [1.82, 2.24) is 5.32 Å². The Kier molecular flexibility index (Phi) is 46.4. The molecule has 0 fully saturated rings. The minimum atomic E-state index is -0.218. The van der Waals surface area contributed by atoms with Crippen molar-refractivity contribution in [3.63, 3.8) is 0 Å². The lowest BCUT2D eigenvalue weighted by atomic mass is 10.2. The van der Waals surface area contributed by atoms with E-state index < -0.39 is 0 Å². The van der Waals surface area contributed by atoms with Crippen molar-refractivity contribution in [2.75, 3.05) is 6.54 Å². The first-order valence-corrected chi connectivity index (χ1v) is 12.2. The molecule has 186 valence electrons. The number of allylic oxidation sites excluding steroid dienone is 4. The van der Waals surface area contributed by atoms with E-state index in [1.54, 1.807) is 30.4 Å². The summed E-state index contributed by atoms with van der Waals surface area (Å²) in [7, 11) is 0. The van der Waals surface area contributed by atoms with Crippen LogP contribution in [0.1, 0.15) is 91.9 Å². The summed E-state index contributed by atoms with van der Waals surface area (Å²) in [4.78, 5) is 11.6. The molecule has 32 heavy (non-hydrogen) atoms. The summed E-state index contributed by atoms with van der Waals surface area (Å²) >= 11 is 11.7. The number of halogens is 2. The van der Waals surface area contributed by atoms with Crippen LogP contribution < -0.4 is 5.32 Å². The topological polar surface area (TPSA) is 29.1 Å². The first kappa shape index (κ1) is 40.6. The highest BCUT2D eigenvalue weighted by molar-refractivity contribution is 6.43. The highest BCUT2D eigenvalue weighted by Gasteiger charge is 2.11. The number of amides is 1. The van der Waals surface area contributed by atoms with Crippen molar-refractivity contribution >= 4 is 29.1 Å². The SMILES string of the molecule is C=CC.C=CCC.C=CCCNC(=O)c1cccc(Cl)c1Cl.CC.CC.CCC=C(C)C. The van der Waals surface area contributed by atoms with Crippen molar-refractivity contribution in [2.24, 2.45) is 0 Å². The van der Waals surface area contributed by atoms with Crippen LogP contribution in [0.2, 0.25) is 10.0 Å². The second kappa shape index (κ2) is 36.6. The fourth-order valence-corrected chi connectivity index (χ4v) is 1.86. The van der Waals surface area contributed by atoms with Crippen LogP contribution in [-0.4, -0.2) is 12.5 Å². The Morgan fingerprint density at radius 1 is 0.969 bits per heavy atom. The largest absolute Gasteiger partial charge is 0.352 e. The Balaban J connectivity index is -0.000000119. The fourth-order valence-electron chi connectivity index (χ4n) is 1.47. The molecular formula is C28H49Cl2NO. The molecule has 0 aromatic heterocycles. The van der Waals surface area contributed by atoms with Crippen LogP contribution in [0.15, 0.2) is 67.8 Å². The van der Waals surface area contributed by atoms with Crippen molar-refractivity contribution in [2.45, 2.75) is 81.6 Å². The minimum Gasteiger partial charge on any atom is -0.352 e. The minimum absolute atomic E-state index is 0.218. The lowest BCUT2D eigenvalue weighted by Gasteiger charge is -2.06. The van der Waals surface area contributed by atoms with Crippen LogP contribution in [0.4, 0.5) is 0 Å². The number of rotatable bonds is 6. The maximum atomic E-state index is 11.6.